The van der Waals surface area contributed by atoms with Crippen molar-refractivity contribution < 1.29 is 4.52 Å². The summed E-state index contributed by atoms with van der Waals surface area (Å²) in [6.07, 6.45) is 1.87. The molecule has 0 spiro atoms. The van der Waals surface area contributed by atoms with Crippen molar-refractivity contribution in [2.45, 2.75) is 26.9 Å². The Bertz CT molecular complexity index is 448. The average molecular weight is 222 g/mol. The van der Waals surface area contributed by atoms with Gasteiger partial charge in [0.2, 0.25) is 5.89 Å². The van der Waals surface area contributed by atoms with E-state index >= 15 is 0 Å². The maximum Gasteiger partial charge on any atom is 0.223 e. The van der Waals surface area contributed by atoms with Gasteiger partial charge in [0, 0.05) is 13.5 Å². The Hall–Kier alpha value is -1.76. The lowest BCUT2D eigenvalue weighted by atomic mass is 10.4. The highest BCUT2D eigenvalue weighted by Gasteiger charge is 2.05. The van der Waals surface area contributed by atoms with Crippen molar-refractivity contribution in [3.05, 3.63) is 23.6 Å². The van der Waals surface area contributed by atoms with E-state index in [2.05, 4.69) is 25.8 Å². The highest BCUT2D eigenvalue weighted by molar-refractivity contribution is 4.93. The van der Waals surface area contributed by atoms with Crippen LogP contribution in [0.2, 0.25) is 0 Å². The fraction of sp³-hybridized carbons (Fsp3) is 0.556. The Morgan fingerprint density at radius 3 is 3.06 bits per heavy atom. The van der Waals surface area contributed by atoms with Crippen LogP contribution in [0.25, 0.3) is 0 Å². The van der Waals surface area contributed by atoms with Gasteiger partial charge in [-0.05, 0) is 6.54 Å². The number of aryl methyl sites for hydroxylation is 1. The Balaban J connectivity index is 1.97. The van der Waals surface area contributed by atoms with E-state index in [1.165, 1.54) is 0 Å². The third kappa shape index (κ3) is 2.63. The van der Waals surface area contributed by atoms with Crippen LogP contribution in [0.4, 0.5) is 0 Å². The predicted molar refractivity (Wildman–Crippen MR) is 55.5 cm³/mol. The second kappa shape index (κ2) is 4.84. The van der Waals surface area contributed by atoms with Gasteiger partial charge in [-0.1, -0.05) is 17.3 Å². The van der Waals surface area contributed by atoms with E-state index in [1.54, 1.807) is 11.6 Å². The van der Waals surface area contributed by atoms with Crippen molar-refractivity contribution in [3.8, 4) is 0 Å². The zero-order chi connectivity index (χ0) is 11.4. The van der Waals surface area contributed by atoms with Gasteiger partial charge in [-0.3, -0.25) is 0 Å². The molecule has 0 amide bonds. The summed E-state index contributed by atoms with van der Waals surface area (Å²) in [6, 6.07) is 0. The molecule has 16 heavy (non-hydrogen) atoms. The highest BCUT2D eigenvalue weighted by Crippen LogP contribution is 1.99. The first-order valence-electron chi connectivity index (χ1n) is 5.17. The van der Waals surface area contributed by atoms with Crippen LogP contribution in [0.3, 0.4) is 0 Å². The molecule has 2 aromatic rings. The second-order valence-corrected chi connectivity index (χ2v) is 3.42. The van der Waals surface area contributed by atoms with Crippen LogP contribution in [0.15, 0.2) is 10.7 Å². The average Bonchev–Trinajstić information content (AvgIpc) is 2.86. The molecule has 0 aliphatic rings. The van der Waals surface area contributed by atoms with Gasteiger partial charge in [-0.25, -0.2) is 4.68 Å². The van der Waals surface area contributed by atoms with Crippen LogP contribution < -0.4 is 5.32 Å². The van der Waals surface area contributed by atoms with E-state index in [-0.39, 0.29) is 0 Å². The van der Waals surface area contributed by atoms with Gasteiger partial charge in [0.1, 0.15) is 6.54 Å². The molecule has 0 unspecified atom stereocenters. The van der Waals surface area contributed by atoms with Crippen LogP contribution in [0, 0.1) is 6.92 Å². The van der Waals surface area contributed by atoms with E-state index in [0.717, 1.165) is 18.8 Å². The lowest BCUT2D eigenvalue weighted by Gasteiger charge is -1.94. The van der Waals surface area contributed by atoms with E-state index in [4.69, 9.17) is 4.52 Å². The summed E-state index contributed by atoms with van der Waals surface area (Å²) in [6.45, 7) is 5.93. The van der Waals surface area contributed by atoms with E-state index in [9.17, 15) is 0 Å². The van der Waals surface area contributed by atoms with Crippen molar-refractivity contribution in [3.63, 3.8) is 0 Å². The van der Waals surface area contributed by atoms with Gasteiger partial charge in [-0.2, -0.15) is 4.98 Å². The molecule has 0 aliphatic heterocycles. The third-order valence-corrected chi connectivity index (χ3v) is 2.02. The summed E-state index contributed by atoms with van der Waals surface area (Å²) in [7, 11) is 0. The topological polar surface area (TPSA) is 81.7 Å². The van der Waals surface area contributed by atoms with Gasteiger partial charge in [-0.15, -0.1) is 5.10 Å². The van der Waals surface area contributed by atoms with Gasteiger partial charge >= 0.3 is 0 Å². The summed E-state index contributed by atoms with van der Waals surface area (Å²) in [5.74, 6) is 1.17. The monoisotopic (exact) mass is 222 g/mol. The summed E-state index contributed by atoms with van der Waals surface area (Å²) < 4.78 is 6.56. The van der Waals surface area contributed by atoms with Crippen LogP contribution in [-0.4, -0.2) is 31.7 Å². The quantitative estimate of drug-likeness (QED) is 0.774. The number of nitrogens with zero attached hydrogens (tertiary/aromatic N) is 5. The molecular formula is C9H14N6O. The first-order chi connectivity index (χ1) is 7.78. The van der Waals surface area contributed by atoms with Crippen LogP contribution in [0.5, 0.6) is 0 Å². The zero-order valence-corrected chi connectivity index (χ0v) is 9.34. The number of rotatable bonds is 5. The minimum atomic E-state index is 0.483. The lowest BCUT2D eigenvalue weighted by Crippen LogP contribution is -2.11. The van der Waals surface area contributed by atoms with Gasteiger partial charge in [0.25, 0.3) is 0 Å². The normalized spacial score (nSPS) is 10.9. The van der Waals surface area contributed by atoms with E-state index in [0.29, 0.717) is 18.3 Å². The molecule has 86 valence electrons. The first-order valence-corrected chi connectivity index (χ1v) is 5.17. The smallest absolute Gasteiger partial charge is 0.223 e. The van der Waals surface area contributed by atoms with Crippen molar-refractivity contribution >= 4 is 0 Å². The predicted octanol–water partition coefficient (Wildman–Crippen LogP) is 0.127. The number of hydrogen-bond donors (Lipinski definition) is 1. The summed E-state index contributed by atoms with van der Waals surface area (Å²) in [5, 5.41) is 15.0. The van der Waals surface area contributed by atoms with E-state index in [1.807, 2.05) is 13.1 Å². The SMILES string of the molecule is CCNCc1cn(Cc2noc(C)n2)nn1. The first kappa shape index (κ1) is 10.7. The molecular weight excluding hydrogens is 208 g/mol. The fourth-order valence-corrected chi connectivity index (χ4v) is 1.30. The molecule has 2 rings (SSSR count). The molecule has 0 saturated heterocycles. The molecule has 1 N–H and O–H groups in total. The summed E-state index contributed by atoms with van der Waals surface area (Å²) in [5.41, 5.74) is 0.905. The molecule has 0 fully saturated rings. The largest absolute Gasteiger partial charge is 0.340 e. The lowest BCUT2D eigenvalue weighted by molar-refractivity contribution is 0.385. The van der Waals surface area contributed by atoms with Crippen molar-refractivity contribution in [2.75, 3.05) is 6.54 Å². The third-order valence-electron chi connectivity index (χ3n) is 2.02. The molecule has 7 heteroatoms. The standard InChI is InChI=1S/C9H14N6O/c1-3-10-4-8-5-15(14-12-8)6-9-11-7(2)16-13-9/h5,10H,3-4,6H2,1-2H3. The maximum atomic E-state index is 4.87. The van der Waals surface area contributed by atoms with Crippen LogP contribution in [0.1, 0.15) is 24.3 Å². The molecule has 0 radical (unpaired) electrons. The van der Waals surface area contributed by atoms with Crippen molar-refractivity contribution in [1.29, 1.82) is 0 Å². The Morgan fingerprint density at radius 1 is 1.50 bits per heavy atom. The zero-order valence-electron chi connectivity index (χ0n) is 9.34. The summed E-state index contributed by atoms with van der Waals surface area (Å²) >= 11 is 0. The number of hydrogen-bond acceptors (Lipinski definition) is 6. The molecule has 0 aromatic carbocycles. The summed E-state index contributed by atoms with van der Waals surface area (Å²) in [4.78, 5) is 4.10. The molecule has 0 saturated carbocycles. The Morgan fingerprint density at radius 2 is 2.38 bits per heavy atom. The van der Waals surface area contributed by atoms with Crippen molar-refractivity contribution in [2.24, 2.45) is 0 Å². The molecule has 0 aliphatic carbocycles. The number of nitrogens with one attached hydrogen (secondary N) is 1. The minimum absolute atomic E-state index is 0.483. The Labute approximate surface area is 92.8 Å². The maximum absolute atomic E-state index is 4.87. The highest BCUT2D eigenvalue weighted by atomic mass is 16.5. The molecule has 2 heterocycles. The van der Waals surface area contributed by atoms with Crippen LogP contribution in [-0.2, 0) is 13.1 Å². The number of aromatic nitrogens is 5. The molecule has 0 atom stereocenters. The van der Waals surface area contributed by atoms with Gasteiger partial charge in [0.05, 0.1) is 11.9 Å². The van der Waals surface area contributed by atoms with Crippen molar-refractivity contribution in [1.82, 2.24) is 30.5 Å². The molecule has 7 nitrogen and oxygen atoms in total. The van der Waals surface area contributed by atoms with Crippen LogP contribution >= 0.6 is 0 Å². The van der Waals surface area contributed by atoms with Gasteiger partial charge in [0.15, 0.2) is 5.82 Å². The van der Waals surface area contributed by atoms with E-state index < -0.39 is 0 Å². The molecule has 2 aromatic heterocycles. The Kier molecular flexibility index (Phi) is 3.25. The van der Waals surface area contributed by atoms with Gasteiger partial charge < -0.3 is 9.84 Å². The fourth-order valence-electron chi connectivity index (χ4n) is 1.30. The second-order valence-electron chi connectivity index (χ2n) is 3.42. The molecule has 0 bridgehead atoms. The minimum Gasteiger partial charge on any atom is -0.340 e.